The Morgan fingerprint density at radius 1 is 0.938 bits per heavy atom. The fourth-order valence-electron chi connectivity index (χ4n) is 6.06. The summed E-state index contributed by atoms with van der Waals surface area (Å²) in [6, 6.07) is 15.8. The van der Waals surface area contributed by atoms with Gasteiger partial charge >= 0.3 is 0 Å². The standard InChI is InChI=1S/C30H37NO/c31-26-15-8-6-11-22(20-26)19-25-21-24-13-7-9-17-28(24)30(25)32-29-18-10-14-23-12-4-2-1-3-5-16-27(23)29/h3,5,7,9-10,12-14,16-18,22,25-26,30H,1-2,4,6,8,11,15,19-21,31H2. The lowest BCUT2D eigenvalue weighted by Crippen LogP contribution is -2.29. The van der Waals surface area contributed by atoms with E-state index < -0.39 is 0 Å². The maximum absolute atomic E-state index is 6.93. The van der Waals surface area contributed by atoms with Crippen LogP contribution in [0.25, 0.3) is 12.2 Å². The molecule has 2 aromatic carbocycles. The van der Waals surface area contributed by atoms with Crippen molar-refractivity contribution in [2.75, 3.05) is 0 Å². The molecule has 5 rings (SSSR count). The minimum absolute atomic E-state index is 0.127. The van der Waals surface area contributed by atoms with Gasteiger partial charge in [-0.25, -0.2) is 0 Å². The fraction of sp³-hybridized carbons (Fsp3) is 0.467. The Labute approximate surface area is 192 Å². The van der Waals surface area contributed by atoms with Crippen molar-refractivity contribution in [1.29, 1.82) is 0 Å². The number of rotatable bonds is 4. The molecule has 1 saturated carbocycles. The zero-order valence-electron chi connectivity index (χ0n) is 19.2. The minimum Gasteiger partial charge on any atom is -0.485 e. The number of fused-ring (bicyclic) bond motifs is 2. The summed E-state index contributed by atoms with van der Waals surface area (Å²) in [5.74, 6) is 2.27. The van der Waals surface area contributed by atoms with Crippen molar-refractivity contribution in [1.82, 2.24) is 0 Å². The minimum atomic E-state index is 0.127. The van der Waals surface area contributed by atoms with Crippen molar-refractivity contribution in [3.05, 3.63) is 76.2 Å². The van der Waals surface area contributed by atoms with E-state index in [-0.39, 0.29) is 6.10 Å². The van der Waals surface area contributed by atoms with Crippen molar-refractivity contribution in [2.45, 2.75) is 76.4 Å². The average Bonchev–Trinajstić information content (AvgIpc) is 3.07. The molecule has 0 amide bonds. The highest BCUT2D eigenvalue weighted by Gasteiger charge is 2.36. The highest BCUT2D eigenvalue weighted by Crippen LogP contribution is 2.43. The summed E-state index contributed by atoms with van der Waals surface area (Å²) in [6.45, 7) is 0. The van der Waals surface area contributed by atoms with Gasteiger partial charge in [-0.15, -0.1) is 0 Å². The maximum atomic E-state index is 6.93. The summed E-state index contributed by atoms with van der Waals surface area (Å²) in [5, 5.41) is 2.52. The topological polar surface area (TPSA) is 35.2 Å². The molecule has 2 aromatic rings. The molecule has 3 aliphatic carbocycles. The molecular weight excluding hydrogens is 390 g/mol. The monoisotopic (exact) mass is 427 g/mol. The number of benzene rings is 2. The third-order valence-corrected chi connectivity index (χ3v) is 7.67. The summed E-state index contributed by atoms with van der Waals surface area (Å²) in [4.78, 5) is 0. The Bertz CT molecular complexity index is 1070. The zero-order valence-corrected chi connectivity index (χ0v) is 19.2. The smallest absolute Gasteiger partial charge is 0.128 e. The number of hydrogen-bond acceptors (Lipinski definition) is 2. The first-order chi connectivity index (χ1) is 15.8. The first-order valence-corrected chi connectivity index (χ1v) is 12.7. The van der Waals surface area contributed by atoms with Crippen LogP contribution in [0.3, 0.4) is 0 Å². The molecule has 2 heteroatoms. The van der Waals surface area contributed by atoms with Gasteiger partial charge in [-0.2, -0.15) is 0 Å². The zero-order chi connectivity index (χ0) is 21.8. The second-order valence-corrected chi connectivity index (χ2v) is 10.1. The first kappa shape index (κ1) is 21.5. The van der Waals surface area contributed by atoms with Crippen molar-refractivity contribution in [2.24, 2.45) is 17.6 Å². The van der Waals surface area contributed by atoms with E-state index in [0.29, 0.717) is 12.0 Å². The molecule has 4 atom stereocenters. The Balaban J connectivity index is 1.46. The van der Waals surface area contributed by atoms with Gasteiger partial charge in [0.2, 0.25) is 0 Å². The highest BCUT2D eigenvalue weighted by molar-refractivity contribution is 5.46. The number of ether oxygens (including phenoxy) is 1. The van der Waals surface area contributed by atoms with Crippen LogP contribution in [0.15, 0.2) is 54.6 Å². The van der Waals surface area contributed by atoms with Crippen LogP contribution in [-0.4, -0.2) is 6.04 Å². The molecule has 0 aliphatic heterocycles. The van der Waals surface area contributed by atoms with Gasteiger partial charge in [-0.1, -0.05) is 80.0 Å². The first-order valence-electron chi connectivity index (χ1n) is 12.7. The van der Waals surface area contributed by atoms with Crippen LogP contribution in [0.1, 0.15) is 75.0 Å². The molecule has 3 aliphatic rings. The normalized spacial score (nSPS) is 27.5. The molecule has 0 aromatic heterocycles. The van der Waals surface area contributed by atoms with Crippen LogP contribution in [0.4, 0.5) is 0 Å². The number of allylic oxidation sites excluding steroid dienone is 2. The molecule has 0 spiro atoms. The summed E-state index contributed by atoms with van der Waals surface area (Å²) in [5.41, 5.74) is 9.26. The predicted molar refractivity (Wildman–Crippen MR) is 134 cm³/mol. The Kier molecular flexibility index (Phi) is 6.78. The average molecular weight is 428 g/mol. The molecule has 0 radical (unpaired) electrons. The van der Waals surface area contributed by atoms with E-state index in [0.717, 1.165) is 30.9 Å². The van der Waals surface area contributed by atoms with Crippen molar-refractivity contribution < 1.29 is 4.74 Å². The Morgan fingerprint density at radius 3 is 2.81 bits per heavy atom. The van der Waals surface area contributed by atoms with Crippen LogP contribution in [0.2, 0.25) is 0 Å². The fourth-order valence-corrected chi connectivity index (χ4v) is 6.06. The van der Waals surface area contributed by atoms with Gasteiger partial charge in [0.05, 0.1) is 0 Å². The molecule has 2 N–H and O–H groups in total. The molecule has 2 nitrogen and oxygen atoms in total. The number of nitrogens with two attached hydrogens (primary N) is 1. The Hall–Kier alpha value is -2.32. The van der Waals surface area contributed by atoms with E-state index in [1.807, 2.05) is 0 Å². The summed E-state index contributed by atoms with van der Waals surface area (Å²) in [6.07, 6.45) is 21.3. The quantitative estimate of drug-likeness (QED) is 0.647. The highest BCUT2D eigenvalue weighted by atomic mass is 16.5. The van der Waals surface area contributed by atoms with E-state index >= 15 is 0 Å². The van der Waals surface area contributed by atoms with Crippen molar-refractivity contribution >= 4 is 12.2 Å². The van der Waals surface area contributed by atoms with Gasteiger partial charge in [-0.3, -0.25) is 0 Å². The molecule has 0 saturated heterocycles. The van der Waals surface area contributed by atoms with Crippen molar-refractivity contribution in [3.8, 4) is 5.75 Å². The molecule has 0 bridgehead atoms. The lowest BCUT2D eigenvalue weighted by molar-refractivity contribution is 0.126. The van der Waals surface area contributed by atoms with E-state index in [9.17, 15) is 0 Å². The van der Waals surface area contributed by atoms with Crippen LogP contribution in [0.5, 0.6) is 5.75 Å². The lowest BCUT2D eigenvalue weighted by atomic mass is 9.85. The molecule has 168 valence electrons. The number of hydrogen-bond donors (Lipinski definition) is 1. The SMILES string of the molecule is NC1CCCCC(CC2Cc3ccccc3C2Oc2cccc3c2=CC=CCCCC=3)C1. The molecule has 0 heterocycles. The second-order valence-electron chi connectivity index (χ2n) is 10.1. The largest absolute Gasteiger partial charge is 0.485 e. The van der Waals surface area contributed by atoms with Crippen molar-refractivity contribution in [3.63, 3.8) is 0 Å². The van der Waals surface area contributed by atoms with Gasteiger partial charge < -0.3 is 10.5 Å². The van der Waals surface area contributed by atoms with Crippen LogP contribution in [0, 0.1) is 11.8 Å². The van der Waals surface area contributed by atoms with Gasteiger partial charge in [0.1, 0.15) is 11.9 Å². The molecule has 4 unspecified atom stereocenters. The van der Waals surface area contributed by atoms with Gasteiger partial charge in [-0.05, 0) is 73.3 Å². The van der Waals surface area contributed by atoms with Crippen LogP contribution >= 0.6 is 0 Å². The summed E-state index contributed by atoms with van der Waals surface area (Å²) >= 11 is 0. The Morgan fingerprint density at radius 2 is 1.84 bits per heavy atom. The van der Waals surface area contributed by atoms with E-state index in [1.54, 1.807) is 0 Å². The maximum Gasteiger partial charge on any atom is 0.128 e. The third-order valence-electron chi connectivity index (χ3n) is 7.67. The van der Waals surface area contributed by atoms with Crippen LogP contribution in [-0.2, 0) is 6.42 Å². The van der Waals surface area contributed by atoms with Crippen LogP contribution < -0.4 is 20.9 Å². The lowest BCUT2D eigenvalue weighted by Gasteiger charge is -2.27. The molecule has 32 heavy (non-hydrogen) atoms. The molecule has 1 fully saturated rings. The summed E-state index contributed by atoms with van der Waals surface area (Å²) in [7, 11) is 0. The van der Waals surface area contributed by atoms with E-state index in [2.05, 4.69) is 66.8 Å². The van der Waals surface area contributed by atoms with E-state index in [1.165, 1.54) is 66.5 Å². The molecular formula is C30H37NO. The van der Waals surface area contributed by atoms with Gasteiger partial charge in [0, 0.05) is 17.2 Å². The second kappa shape index (κ2) is 10.1. The summed E-state index contributed by atoms with van der Waals surface area (Å²) < 4.78 is 6.93. The van der Waals surface area contributed by atoms with Gasteiger partial charge in [0.25, 0.3) is 0 Å². The predicted octanol–water partition coefficient (Wildman–Crippen LogP) is 5.58. The van der Waals surface area contributed by atoms with Gasteiger partial charge in [0.15, 0.2) is 0 Å². The third kappa shape index (κ3) is 4.86. The van der Waals surface area contributed by atoms with E-state index in [4.69, 9.17) is 10.5 Å².